The highest BCUT2D eigenvalue weighted by Crippen LogP contribution is 2.09. The Hall–Kier alpha value is -1.52. The summed E-state index contributed by atoms with van der Waals surface area (Å²) in [5, 5.41) is 3.02. The molecule has 5 heteroatoms. The molecule has 1 aliphatic rings. The van der Waals surface area contributed by atoms with Crippen LogP contribution in [0.15, 0.2) is 18.7 Å². The zero-order valence-corrected chi connectivity index (χ0v) is 11.6. The average Bonchev–Trinajstić information content (AvgIpc) is 2.78. The van der Waals surface area contributed by atoms with E-state index in [1.54, 1.807) is 6.20 Å². The second kappa shape index (κ2) is 7.81. The lowest BCUT2D eigenvalue weighted by molar-refractivity contribution is 0.199. The molecule has 19 heavy (non-hydrogen) atoms. The number of aromatic nitrogens is 2. The largest absolute Gasteiger partial charge is 0.338 e. The van der Waals surface area contributed by atoms with Gasteiger partial charge in [0, 0.05) is 38.6 Å². The predicted molar refractivity (Wildman–Crippen MR) is 74.9 cm³/mol. The quantitative estimate of drug-likeness (QED) is 0.829. The van der Waals surface area contributed by atoms with Gasteiger partial charge in [-0.1, -0.05) is 12.8 Å². The average molecular weight is 264 g/mol. The van der Waals surface area contributed by atoms with Crippen molar-refractivity contribution in [2.75, 3.05) is 19.6 Å². The van der Waals surface area contributed by atoms with Gasteiger partial charge in [-0.2, -0.15) is 0 Å². The fourth-order valence-corrected chi connectivity index (χ4v) is 2.42. The molecule has 0 atom stereocenters. The first-order chi connectivity index (χ1) is 9.36. The number of unbranched alkanes of at least 4 members (excludes halogenated alkanes) is 1. The van der Waals surface area contributed by atoms with Crippen LogP contribution in [0.5, 0.6) is 0 Å². The Morgan fingerprint density at radius 2 is 1.95 bits per heavy atom. The molecule has 1 aromatic rings. The number of nitrogens with one attached hydrogen (secondary N) is 1. The predicted octanol–water partition coefficient (Wildman–Crippen LogP) is 2.25. The first-order valence-corrected chi connectivity index (χ1v) is 7.35. The van der Waals surface area contributed by atoms with E-state index >= 15 is 0 Å². The topological polar surface area (TPSA) is 50.2 Å². The molecule has 1 saturated heterocycles. The maximum atomic E-state index is 11.9. The Morgan fingerprint density at radius 3 is 2.63 bits per heavy atom. The molecule has 0 radical (unpaired) electrons. The van der Waals surface area contributed by atoms with E-state index in [1.807, 2.05) is 17.4 Å². The Bertz CT molecular complexity index is 356. The maximum Gasteiger partial charge on any atom is 0.317 e. The minimum Gasteiger partial charge on any atom is -0.338 e. The minimum absolute atomic E-state index is 0.115. The number of imidazole rings is 1. The van der Waals surface area contributed by atoms with Gasteiger partial charge in [-0.3, -0.25) is 0 Å². The van der Waals surface area contributed by atoms with Gasteiger partial charge in [0.2, 0.25) is 0 Å². The number of nitrogens with zero attached hydrogens (tertiary/aromatic N) is 3. The summed E-state index contributed by atoms with van der Waals surface area (Å²) in [5.74, 6) is 0. The number of carbonyl (C=O) groups is 1. The molecule has 5 nitrogen and oxygen atoms in total. The number of hydrogen-bond donors (Lipinski definition) is 1. The van der Waals surface area contributed by atoms with E-state index < -0.39 is 0 Å². The van der Waals surface area contributed by atoms with Gasteiger partial charge in [0.1, 0.15) is 0 Å². The summed E-state index contributed by atoms with van der Waals surface area (Å²) in [6.45, 7) is 3.57. The third-order valence-corrected chi connectivity index (χ3v) is 3.57. The summed E-state index contributed by atoms with van der Waals surface area (Å²) in [5.41, 5.74) is 0. The summed E-state index contributed by atoms with van der Waals surface area (Å²) in [6.07, 6.45) is 12.5. The minimum atomic E-state index is 0.115. The van der Waals surface area contributed by atoms with E-state index in [1.165, 1.54) is 12.8 Å². The van der Waals surface area contributed by atoms with E-state index in [0.717, 1.165) is 51.9 Å². The summed E-state index contributed by atoms with van der Waals surface area (Å²) < 4.78 is 2.07. The standard InChI is InChI=1S/C14H24N4O/c19-14(18-10-4-1-2-5-11-18)16-7-3-6-9-17-12-8-15-13-17/h8,12-13H,1-7,9-11H2,(H,16,19). The van der Waals surface area contributed by atoms with Crippen LogP contribution in [0.3, 0.4) is 0 Å². The Kier molecular flexibility index (Phi) is 5.72. The van der Waals surface area contributed by atoms with E-state index in [0.29, 0.717) is 0 Å². The van der Waals surface area contributed by atoms with Crippen LogP contribution in [0.25, 0.3) is 0 Å². The zero-order chi connectivity index (χ0) is 13.3. The summed E-state index contributed by atoms with van der Waals surface area (Å²) >= 11 is 0. The van der Waals surface area contributed by atoms with Crippen molar-refractivity contribution in [3.63, 3.8) is 0 Å². The van der Waals surface area contributed by atoms with E-state index in [9.17, 15) is 4.79 Å². The molecule has 106 valence electrons. The molecule has 2 amide bonds. The molecule has 0 spiro atoms. The lowest BCUT2D eigenvalue weighted by Crippen LogP contribution is -2.40. The number of amides is 2. The highest BCUT2D eigenvalue weighted by Gasteiger charge is 2.14. The third-order valence-electron chi connectivity index (χ3n) is 3.57. The fraction of sp³-hybridized carbons (Fsp3) is 0.714. The molecule has 1 fully saturated rings. The highest BCUT2D eigenvalue weighted by atomic mass is 16.2. The van der Waals surface area contributed by atoms with Crippen molar-refractivity contribution in [3.8, 4) is 0 Å². The molecule has 0 aliphatic carbocycles. The SMILES string of the molecule is O=C(NCCCCn1ccnc1)N1CCCCCC1. The molecule has 0 bridgehead atoms. The molecular formula is C14H24N4O. The molecule has 0 unspecified atom stereocenters. The van der Waals surface area contributed by atoms with Crippen molar-refractivity contribution in [2.45, 2.75) is 45.1 Å². The number of aryl methyl sites for hydroxylation is 1. The molecule has 1 N–H and O–H groups in total. The van der Waals surface area contributed by atoms with Crippen LogP contribution < -0.4 is 5.32 Å². The number of rotatable bonds is 5. The normalized spacial score (nSPS) is 16.1. The van der Waals surface area contributed by atoms with Crippen molar-refractivity contribution in [1.82, 2.24) is 19.8 Å². The molecule has 0 aromatic carbocycles. The molecule has 2 rings (SSSR count). The molecule has 2 heterocycles. The number of likely N-dealkylation sites (tertiary alicyclic amines) is 1. The summed E-state index contributed by atoms with van der Waals surface area (Å²) in [6, 6.07) is 0.115. The van der Waals surface area contributed by atoms with Gasteiger partial charge in [0.25, 0.3) is 0 Å². The summed E-state index contributed by atoms with van der Waals surface area (Å²) in [7, 11) is 0. The van der Waals surface area contributed by atoms with Crippen LogP contribution in [-0.2, 0) is 6.54 Å². The van der Waals surface area contributed by atoms with Gasteiger partial charge in [0.15, 0.2) is 0 Å². The number of hydrogen-bond acceptors (Lipinski definition) is 2. The van der Waals surface area contributed by atoms with Crippen LogP contribution in [0.2, 0.25) is 0 Å². The second-order valence-corrected chi connectivity index (χ2v) is 5.14. The van der Waals surface area contributed by atoms with Crippen molar-refractivity contribution < 1.29 is 4.79 Å². The van der Waals surface area contributed by atoms with Crippen LogP contribution in [0.1, 0.15) is 38.5 Å². The van der Waals surface area contributed by atoms with Gasteiger partial charge in [-0.25, -0.2) is 9.78 Å². The smallest absolute Gasteiger partial charge is 0.317 e. The van der Waals surface area contributed by atoms with Crippen molar-refractivity contribution in [2.24, 2.45) is 0 Å². The molecule has 1 aliphatic heterocycles. The highest BCUT2D eigenvalue weighted by molar-refractivity contribution is 5.74. The van der Waals surface area contributed by atoms with Gasteiger partial charge in [-0.15, -0.1) is 0 Å². The summed E-state index contributed by atoms with van der Waals surface area (Å²) in [4.78, 5) is 17.9. The van der Waals surface area contributed by atoms with E-state index in [2.05, 4.69) is 14.9 Å². The Morgan fingerprint density at radius 1 is 1.16 bits per heavy atom. The van der Waals surface area contributed by atoms with Crippen LogP contribution >= 0.6 is 0 Å². The second-order valence-electron chi connectivity index (χ2n) is 5.14. The molecule has 0 saturated carbocycles. The fourth-order valence-electron chi connectivity index (χ4n) is 2.42. The Balaban J connectivity index is 1.55. The van der Waals surface area contributed by atoms with E-state index in [4.69, 9.17) is 0 Å². The first kappa shape index (κ1) is 13.9. The monoisotopic (exact) mass is 264 g/mol. The van der Waals surface area contributed by atoms with Crippen molar-refractivity contribution >= 4 is 6.03 Å². The zero-order valence-electron chi connectivity index (χ0n) is 11.6. The lowest BCUT2D eigenvalue weighted by Gasteiger charge is -2.20. The van der Waals surface area contributed by atoms with Crippen LogP contribution in [-0.4, -0.2) is 40.1 Å². The molecular weight excluding hydrogens is 240 g/mol. The maximum absolute atomic E-state index is 11.9. The number of carbonyl (C=O) groups excluding carboxylic acids is 1. The van der Waals surface area contributed by atoms with E-state index in [-0.39, 0.29) is 6.03 Å². The molecule has 1 aromatic heterocycles. The van der Waals surface area contributed by atoms with Gasteiger partial charge < -0.3 is 14.8 Å². The lowest BCUT2D eigenvalue weighted by atomic mass is 10.2. The Labute approximate surface area is 115 Å². The van der Waals surface area contributed by atoms with Crippen molar-refractivity contribution in [3.05, 3.63) is 18.7 Å². The first-order valence-electron chi connectivity index (χ1n) is 7.35. The van der Waals surface area contributed by atoms with Crippen LogP contribution in [0.4, 0.5) is 4.79 Å². The number of urea groups is 1. The van der Waals surface area contributed by atoms with Gasteiger partial charge in [0.05, 0.1) is 6.33 Å². The van der Waals surface area contributed by atoms with Gasteiger partial charge in [-0.05, 0) is 25.7 Å². The van der Waals surface area contributed by atoms with Crippen molar-refractivity contribution in [1.29, 1.82) is 0 Å². The third kappa shape index (κ3) is 4.93. The van der Waals surface area contributed by atoms with Gasteiger partial charge >= 0.3 is 6.03 Å². The van der Waals surface area contributed by atoms with Crippen LogP contribution in [0, 0.1) is 0 Å².